The lowest BCUT2D eigenvalue weighted by atomic mass is 10.1. The number of para-hydroxylation sites is 1. The van der Waals surface area contributed by atoms with Crippen LogP contribution in [0.4, 0.5) is 11.4 Å². The molecule has 0 bridgehead atoms. The third-order valence-electron chi connectivity index (χ3n) is 3.05. The van der Waals surface area contributed by atoms with Crippen LogP contribution in [-0.4, -0.2) is 7.05 Å². The maximum Gasteiger partial charge on any atom is 0.0603 e. The average molecular weight is 305 g/mol. The van der Waals surface area contributed by atoms with Crippen LogP contribution < -0.4 is 10.6 Å². The minimum Gasteiger partial charge on any atom is -0.397 e. The van der Waals surface area contributed by atoms with Gasteiger partial charge in [-0.1, -0.05) is 40.2 Å². The number of hydrogen-bond acceptors (Lipinski definition) is 2. The molecule has 0 unspecified atom stereocenters. The highest BCUT2D eigenvalue weighted by Crippen LogP contribution is 2.26. The topological polar surface area (TPSA) is 29.3 Å². The van der Waals surface area contributed by atoms with Gasteiger partial charge in [-0.2, -0.15) is 0 Å². The summed E-state index contributed by atoms with van der Waals surface area (Å²) in [7, 11) is 2.06. The molecular weight excluding hydrogens is 288 g/mol. The monoisotopic (exact) mass is 304 g/mol. The second kappa shape index (κ2) is 5.44. The quantitative estimate of drug-likeness (QED) is 0.869. The Morgan fingerprint density at radius 1 is 1.11 bits per heavy atom. The highest BCUT2D eigenvalue weighted by Gasteiger charge is 2.07. The van der Waals surface area contributed by atoms with Crippen molar-refractivity contribution in [3.05, 3.63) is 58.1 Å². The first-order valence-corrected chi connectivity index (χ1v) is 6.68. The molecule has 3 heteroatoms. The molecule has 18 heavy (non-hydrogen) atoms. The first-order valence-electron chi connectivity index (χ1n) is 5.88. The lowest BCUT2D eigenvalue weighted by Crippen LogP contribution is -2.18. The van der Waals surface area contributed by atoms with E-state index in [9.17, 15) is 0 Å². The minimum absolute atomic E-state index is 0.848. The van der Waals surface area contributed by atoms with Crippen molar-refractivity contribution in [2.45, 2.75) is 13.5 Å². The summed E-state index contributed by atoms with van der Waals surface area (Å²) in [6.07, 6.45) is 0. The summed E-state index contributed by atoms with van der Waals surface area (Å²) in [4.78, 5) is 2.17. The largest absolute Gasteiger partial charge is 0.397 e. The van der Waals surface area contributed by atoms with E-state index in [0.717, 1.165) is 28.0 Å². The van der Waals surface area contributed by atoms with Crippen LogP contribution in [0.25, 0.3) is 0 Å². The van der Waals surface area contributed by atoms with Gasteiger partial charge in [0.1, 0.15) is 0 Å². The average Bonchev–Trinajstić information content (AvgIpc) is 2.35. The van der Waals surface area contributed by atoms with Crippen molar-refractivity contribution < 1.29 is 0 Å². The van der Waals surface area contributed by atoms with Crippen molar-refractivity contribution in [2.75, 3.05) is 17.7 Å². The van der Waals surface area contributed by atoms with Crippen LogP contribution in [-0.2, 0) is 6.54 Å². The molecule has 94 valence electrons. The highest BCUT2D eigenvalue weighted by atomic mass is 79.9. The van der Waals surface area contributed by atoms with Gasteiger partial charge in [0.15, 0.2) is 0 Å². The van der Waals surface area contributed by atoms with Crippen LogP contribution in [0.3, 0.4) is 0 Å². The van der Waals surface area contributed by atoms with Gasteiger partial charge in [-0.25, -0.2) is 0 Å². The number of benzene rings is 2. The van der Waals surface area contributed by atoms with E-state index < -0.39 is 0 Å². The number of hydrogen-bond donors (Lipinski definition) is 1. The Hall–Kier alpha value is -1.48. The van der Waals surface area contributed by atoms with Gasteiger partial charge in [0.25, 0.3) is 0 Å². The van der Waals surface area contributed by atoms with Gasteiger partial charge in [0.05, 0.1) is 11.4 Å². The molecule has 0 saturated heterocycles. The zero-order chi connectivity index (χ0) is 13.1. The molecule has 0 amide bonds. The maximum atomic E-state index is 6.11. The third kappa shape index (κ3) is 2.85. The van der Waals surface area contributed by atoms with E-state index in [2.05, 4.69) is 58.2 Å². The Morgan fingerprint density at radius 2 is 1.78 bits per heavy atom. The molecule has 2 rings (SSSR count). The van der Waals surface area contributed by atoms with Crippen molar-refractivity contribution in [3.8, 4) is 0 Å². The third-order valence-corrected chi connectivity index (χ3v) is 3.57. The van der Waals surface area contributed by atoms with E-state index in [0.29, 0.717) is 0 Å². The molecule has 0 spiro atoms. The van der Waals surface area contributed by atoms with E-state index in [-0.39, 0.29) is 0 Å². The number of nitrogens with zero attached hydrogens (tertiary/aromatic N) is 1. The molecule has 2 aromatic rings. The summed E-state index contributed by atoms with van der Waals surface area (Å²) in [6.45, 7) is 2.88. The van der Waals surface area contributed by atoms with Crippen molar-refractivity contribution in [1.82, 2.24) is 0 Å². The van der Waals surface area contributed by atoms with Crippen LogP contribution >= 0.6 is 15.9 Å². The van der Waals surface area contributed by atoms with E-state index in [4.69, 9.17) is 5.73 Å². The Labute approximate surface area is 117 Å². The molecule has 2 N–H and O–H groups in total. The molecule has 0 heterocycles. The van der Waals surface area contributed by atoms with E-state index >= 15 is 0 Å². The number of halogens is 1. The van der Waals surface area contributed by atoms with Crippen LogP contribution in [0, 0.1) is 6.92 Å². The second-order valence-corrected chi connectivity index (χ2v) is 5.41. The number of nitrogens with two attached hydrogens (primary N) is 1. The molecule has 0 aliphatic carbocycles. The summed E-state index contributed by atoms with van der Waals surface area (Å²) in [5, 5.41) is 0. The lowest BCUT2D eigenvalue weighted by Gasteiger charge is -2.22. The number of anilines is 2. The predicted octanol–water partition coefficient (Wildman–Crippen LogP) is 3.98. The Bertz CT molecular complexity index is 535. The van der Waals surface area contributed by atoms with Crippen molar-refractivity contribution in [3.63, 3.8) is 0 Å². The van der Waals surface area contributed by atoms with Gasteiger partial charge in [-0.3, -0.25) is 0 Å². The van der Waals surface area contributed by atoms with Crippen LogP contribution in [0.15, 0.2) is 46.9 Å². The van der Waals surface area contributed by atoms with Gasteiger partial charge in [0, 0.05) is 18.1 Å². The van der Waals surface area contributed by atoms with E-state index in [1.165, 1.54) is 5.56 Å². The summed E-state index contributed by atoms with van der Waals surface area (Å²) >= 11 is 3.44. The number of nitrogen functional groups attached to an aromatic ring is 1. The zero-order valence-corrected chi connectivity index (χ0v) is 12.2. The Balaban J connectivity index is 2.19. The SMILES string of the molecule is Cc1cccc(N(C)Cc2ccc(Br)cc2)c1N. The van der Waals surface area contributed by atoms with Crippen LogP contribution in [0.5, 0.6) is 0 Å². The molecule has 0 aromatic heterocycles. The molecular formula is C15H17BrN2. The van der Waals surface area contributed by atoms with Crippen molar-refractivity contribution in [2.24, 2.45) is 0 Å². The summed E-state index contributed by atoms with van der Waals surface area (Å²) < 4.78 is 1.10. The van der Waals surface area contributed by atoms with Crippen LogP contribution in [0.1, 0.15) is 11.1 Å². The van der Waals surface area contributed by atoms with E-state index in [1.807, 2.05) is 19.1 Å². The van der Waals surface area contributed by atoms with Gasteiger partial charge in [0.2, 0.25) is 0 Å². The molecule has 0 aliphatic rings. The standard InChI is InChI=1S/C15H17BrN2/c1-11-4-3-5-14(15(11)17)18(2)10-12-6-8-13(16)9-7-12/h3-9H,10,17H2,1-2H3. The first kappa shape index (κ1) is 13.0. The van der Waals surface area contributed by atoms with E-state index in [1.54, 1.807) is 0 Å². The molecule has 0 aliphatic heterocycles. The van der Waals surface area contributed by atoms with Gasteiger partial charge < -0.3 is 10.6 Å². The first-order chi connectivity index (χ1) is 8.58. The highest BCUT2D eigenvalue weighted by molar-refractivity contribution is 9.10. The lowest BCUT2D eigenvalue weighted by molar-refractivity contribution is 0.923. The fraction of sp³-hybridized carbons (Fsp3) is 0.200. The van der Waals surface area contributed by atoms with Gasteiger partial charge in [-0.15, -0.1) is 0 Å². The smallest absolute Gasteiger partial charge is 0.0603 e. The summed E-state index contributed by atoms with van der Waals surface area (Å²) in [6, 6.07) is 14.5. The molecule has 0 saturated carbocycles. The van der Waals surface area contributed by atoms with Gasteiger partial charge >= 0.3 is 0 Å². The molecule has 0 radical (unpaired) electrons. The Kier molecular flexibility index (Phi) is 3.92. The maximum absolute atomic E-state index is 6.11. The van der Waals surface area contributed by atoms with Crippen molar-refractivity contribution in [1.29, 1.82) is 0 Å². The number of aryl methyl sites for hydroxylation is 1. The Morgan fingerprint density at radius 3 is 2.44 bits per heavy atom. The summed E-state index contributed by atoms with van der Waals surface area (Å²) in [5.74, 6) is 0. The fourth-order valence-electron chi connectivity index (χ4n) is 1.95. The number of rotatable bonds is 3. The summed E-state index contributed by atoms with van der Waals surface area (Å²) in [5.41, 5.74) is 10.4. The van der Waals surface area contributed by atoms with Crippen LogP contribution in [0.2, 0.25) is 0 Å². The minimum atomic E-state index is 0.848. The molecule has 2 aromatic carbocycles. The fourth-order valence-corrected chi connectivity index (χ4v) is 2.21. The van der Waals surface area contributed by atoms with Crippen molar-refractivity contribution >= 4 is 27.3 Å². The molecule has 0 fully saturated rings. The second-order valence-electron chi connectivity index (χ2n) is 4.49. The normalized spacial score (nSPS) is 10.4. The molecule has 2 nitrogen and oxygen atoms in total. The zero-order valence-electron chi connectivity index (χ0n) is 10.7. The van der Waals surface area contributed by atoms with Gasteiger partial charge in [-0.05, 0) is 36.2 Å². The predicted molar refractivity (Wildman–Crippen MR) is 81.8 cm³/mol. The molecule has 0 atom stereocenters.